The molecule has 0 radical (unpaired) electrons. The van der Waals surface area contributed by atoms with Gasteiger partial charge in [0.1, 0.15) is 0 Å². The van der Waals surface area contributed by atoms with Crippen molar-refractivity contribution < 1.29 is 22.3 Å². The van der Waals surface area contributed by atoms with Crippen LogP contribution in [0.1, 0.15) is 64.0 Å². The minimum absolute atomic E-state index is 0.117. The molecule has 0 unspecified atom stereocenters. The Labute approximate surface area is 173 Å². The lowest BCUT2D eigenvalue weighted by Gasteiger charge is -2.48. The van der Waals surface area contributed by atoms with Gasteiger partial charge in [0.15, 0.2) is 5.58 Å². The highest BCUT2D eigenvalue weighted by Gasteiger charge is 2.39. The molecular formula is C22H29F3N2O3. The number of fused-ring (bicyclic) bond motifs is 1. The second-order valence-corrected chi connectivity index (χ2v) is 8.79. The second kappa shape index (κ2) is 8.04. The molecule has 1 aromatic heterocycles. The molecule has 5 nitrogen and oxygen atoms in total. The predicted molar refractivity (Wildman–Crippen MR) is 108 cm³/mol. The van der Waals surface area contributed by atoms with Crippen LogP contribution in [0.25, 0.3) is 11.1 Å². The third-order valence-corrected chi connectivity index (χ3v) is 6.94. The molecular weight excluding hydrogens is 397 g/mol. The highest BCUT2D eigenvalue weighted by atomic mass is 19.4. The molecule has 0 atom stereocenters. The van der Waals surface area contributed by atoms with E-state index >= 15 is 0 Å². The molecule has 166 valence electrons. The van der Waals surface area contributed by atoms with Crippen molar-refractivity contribution in [1.82, 2.24) is 9.47 Å². The SMILES string of the molecule is CCOC1CCC(C)(N2CCC(n3c(=O)oc4ccc(C(F)(F)F)cc43)CC2)CC1. The Morgan fingerprint density at radius 2 is 1.83 bits per heavy atom. The molecule has 2 heterocycles. The van der Waals surface area contributed by atoms with Crippen LogP contribution < -0.4 is 5.76 Å². The lowest BCUT2D eigenvalue weighted by molar-refractivity contribution is -0.137. The minimum Gasteiger partial charge on any atom is -0.408 e. The molecule has 0 bridgehead atoms. The van der Waals surface area contributed by atoms with E-state index in [0.29, 0.717) is 6.10 Å². The van der Waals surface area contributed by atoms with Gasteiger partial charge in [0.25, 0.3) is 0 Å². The molecule has 1 aliphatic heterocycles. The van der Waals surface area contributed by atoms with Crippen molar-refractivity contribution in [2.75, 3.05) is 19.7 Å². The third kappa shape index (κ3) is 4.04. The number of nitrogens with zero attached hydrogens (tertiary/aromatic N) is 2. The largest absolute Gasteiger partial charge is 0.420 e. The van der Waals surface area contributed by atoms with E-state index < -0.39 is 17.5 Å². The van der Waals surface area contributed by atoms with E-state index in [2.05, 4.69) is 11.8 Å². The minimum atomic E-state index is -4.45. The zero-order valence-electron chi connectivity index (χ0n) is 17.5. The van der Waals surface area contributed by atoms with E-state index in [1.54, 1.807) is 0 Å². The van der Waals surface area contributed by atoms with Crippen molar-refractivity contribution in [3.8, 4) is 0 Å². The first-order valence-electron chi connectivity index (χ1n) is 10.8. The number of oxazole rings is 1. The maximum Gasteiger partial charge on any atom is 0.420 e. The topological polar surface area (TPSA) is 47.6 Å². The van der Waals surface area contributed by atoms with Gasteiger partial charge >= 0.3 is 11.9 Å². The van der Waals surface area contributed by atoms with Crippen LogP contribution in [0.3, 0.4) is 0 Å². The number of ether oxygens (including phenoxy) is 1. The Kier molecular flexibility index (Phi) is 5.74. The van der Waals surface area contributed by atoms with Crippen LogP contribution in [0, 0.1) is 0 Å². The summed E-state index contributed by atoms with van der Waals surface area (Å²) in [5, 5.41) is 0. The first-order chi connectivity index (χ1) is 14.2. The molecule has 0 spiro atoms. The Bertz CT molecular complexity index is 933. The highest BCUT2D eigenvalue weighted by molar-refractivity contribution is 5.74. The number of benzene rings is 1. The van der Waals surface area contributed by atoms with Gasteiger partial charge in [0.05, 0.1) is 17.2 Å². The standard InChI is InChI=1S/C22H29F3N2O3/c1-3-29-17-6-10-21(2,11-7-17)26-12-8-16(9-13-26)27-18-14-15(22(23,24)25)4-5-19(18)30-20(27)28/h4-5,14,16-17H,3,6-13H2,1-2H3. The zero-order valence-corrected chi connectivity index (χ0v) is 17.5. The van der Waals surface area contributed by atoms with Gasteiger partial charge in [-0.05, 0) is 70.6 Å². The van der Waals surface area contributed by atoms with E-state index in [1.165, 1.54) is 10.6 Å². The van der Waals surface area contributed by atoms with Crippen LogP contribution in [-0.2, 0) is 10.9 Å². The van der Waals surface area contributed by atoms with E-state index in [9.17, 15) is 18.0 Å². The van der Waals surface area contributed by atoms with E-state index in [4.69, 9.17) is 9.15 Å². The van der Waals surface area contributed by atoms with Crippen molar-refractivity contribution in [3.63, 3.8) is 0 Å². The smallest absolute Gasteiger partial charge is 0.408 e. The quantitative estimate of drug-likeness (QED) is 0.691. The Morgan fingerprint density at radius 3 is 2.43 bits per heavy atom. The van der Waals surface area contributed by atoms with Crippen LogP contribution in [-0.4, -0.2) is 40.8 Å². The van der Waals surface area contributed by atoms with Gasteiger partial charge in [0, 0.05) is 31.3 Å². The van der Waals surface area contributed by atoms with Gasteiger partial charge in [-0.25, -0.2) is 4.79 Å². The summed E-state index contributed by atoms with van der Waals surface area (Å²) in [6.07, 6.45) is 1.58. The average Bonchev–Trinajstić information content (AvgIpc) is 3.04. The van der Waals surface area contributed by atoms with Crippen LogP contribution in [0.15, 0.2) is 27.4 Å². The van der Waals surface area contributed by atoms with Crippen molar-refractivity contribution in [2.24, 2.45) is 0 Å². The summed E-state index contributed by atoms with van der Waals surface area (Å²) in [6.45, 7) is 6.70. The Morgan fingerprint density at radius 1 is 1.17 bits per heavy atom. The molecule has 1 saturated carbocycles. The monoisotopic (exact) mass is 426 g/mol. The number of aromatic nitrogens is 1. The lowest BCUT2D eigenvalue weighted by atomic mass is 9.79. The summed E-state index contributed by atoms with van der Waals surface area (Å²) in [6, 6.07) is 3.07. The molecule has 2 fully saturated rings. The summed E-state index contributed by atoms with van der Waals surface area (Å²) in [5.74, 6) is -0.578. The molecule has 1 aliphatic carbocycles. The fraction of sp³-hybridized carbons (Fsp3) is 0.682. The molecule has 30 heavy (non-hydrogen) atoms. The fourth-order valence-corrected chi connectivity index (χ4v) is 5.15. The van der Waals surface area contributed by atoms with E-state index in [-0.39, 0.29) is 22.7 Å². The lowest BCUT2D eigenvalue weighted by Crippen LogP contribution is -2.52. The molecule has 1 saturated heterocycles. The maximum atomic E-state index is 13.1. The van der Waals surface area contributed by atoms with Crippen molar-refractivity contribution in [3.05, 3.63) is 34.3 Å². The number of hydrogen-bond donors (Lipinski definition) is 0. The number of hydrogen-bond acceptors (Lipinski definition) is 4. The molecule has 0 amide bonds. The Balaban J connectivity index is 1.49. The highest BCUT2D eigenvalue weighted by Crippen LogP contribution is 2.38. The predicted octanol–water partition coefficient (Wildman–Crippen LogP) is 4.99. The van der Waals surface area contributed by atoms with Gasteiger partial charge in [-0.15, -0.1) is 0 Å². The van der Waals surface area contributed by atoms with Crippen LogP contribution >= 0.6 is 0 Å². The van der Waals surface area contributed by atoms with Gasteiger partial charge < -0.3 is 9.15 Å². The number of alkyl halides is 3. The van der Waals surface area contributed by atoms with Crippen molar-refractivity contribution >= 4 is 11.1 Å². The first kappa shape index (κ1) is 21.4. The van der Waals surface area contributed by atoms with Crippen LogP contribution in [0.2, 0.25) is 0 Å². The summed E-state index contributed by atoms with van der Waals surface area (Å²) in [7, 11) is 0. The van der Waals surface area contributed by atoms with Gasteiger partial charge in [0.2, 0.25) is 0 Å². The molecule has 2 aliphatic rings. The zero-order chi connectivity index (χ0) is 21.5. The molecule has 1 aromatic carbocycles. The summed E-state index contributed by atoms with van der Waals surface area (Å²) < 4.78 is 51.8. The summed E-state index contributed by atoms with van der Waals surface area (Å²) in [4.78, 5) is 14.9. The van der Waals surface area contributed by atoms with Crippen LogP contribution in [0.4, 0.5) is 13.2 Å². The number of halogens is 3. The molecule has 4 rings (SSSR count). The average molecular weight is 426 g/mol. The van der Waals surface area contributed by atoms with Crippen molar-refractivity contribution in [2.45, 2.75) is 76.2 Å². The summed E-state index contributed by atoms with van der Waals surface area (Å²) >= 11 is 0. The van der Waals surface area contributed by atoms with Gasteiger partial charge in [-0.1, -0.05) is 0 Å². The second-order valence-electron chi connectivity index (χ2n) is 8.79. The van der Waals surface area contributed by atoms with E-state index in [0.717, 1.165) is 70.4 Å². The van der Waals surface area contributed by atoms with Crippen LogP contribution in [0.5, 0.6) is 0 Å². The first-order valence-corrected chi connectivity index (χ1v) is 10.8. The van der Waals surface area contributed by atoms with Gasteiger partial charge in [-0.3, -0.25) is 9.47 Å². The van der Waals surface area contributed by atoms with E-state index in [1.807, 2.05) is 6.92 Å². The maximum absolute atomic E-state index is 13.1. The Hall–Kier alpha value is -1.80. The number of piperidine rings is 1. The fourth-order valence-electron chi connectivity index (χ4n) is 5.15. The van der Waals surface area contributed by atoms with Crippen molar-refractivity contribution in [1.29, 1.82) is 0 Å². The van der Waals surface area contributed by atoms with Gasteiger partial charge in [-0.2, -0.15) is 13.2 Å². The third-order valence-electron chi connectivity index (χ3n) is 6.94. The molecule has 0 N–H and O–H groups in total. The molecule has 8 heteroatoms. The normalized spacial score (nSPS) is 27.0. The number of rotatable bonds is 4. The molecule has 2 aromatic rings. The number of likely N-dealkylation sites (tertiary alicyclic amines) is 1. The summed E-state index contributed by atoms with van der Waals surface area (Å²) in [5.41, 5.74) is -0.209.